The molecule has 0 bridgehead atoms. The number of aromatic amines is 1. The van der Waals surface area contributed by atoms with Crippen LogP contribution in [0, 0.1) is 6.92 Å². The number of nitrogens with one attached hydrogen (secondary N) is 2. The Balaban J connectivity index is 1.51. The van der Waals surface area contributed by atoms with Crippen LogP contribution in [0.5, 0.6) is 11.5 Å². The van der Waals surface area contributed by atoms with Gasteiger partial charge in [0.15, 0.2) is 12.4 Å². The second-order valence-corrected chi connectivity index (χ2v) is 5.93. The standard InChI is InChI=1S/C16H18ClN3O4/c1-10-2-3-12(17)14(4-10)23-9-16(21)20-13-7-22-8-15(13)24-11-5-18-19-6-11/h2-6,13,15H,7-9H2,1H3,(H,18,19)(H,20,21)/t13-,15+/m0/s1. The van der Waals surface area contributed by atoms with E-state index in [1.165, 1.54) is 0 Å². The van der Waals surface area contributed by atoms with Gasteiger partial charge in [-0.3, -0.25) is 9.89 Å². The zero-order valence-electron chi connectivity index (χ0n) is 13.1. The van der Waals surface area contributed by atoms with E-state index in [1.54, 1.807) is 24.5 Å². The molecule has 0 unspecified atom stereocenters. The Morgan fingerprint density at radius 1 is 1.50 bits per heavy atom. The van der Waals surface area contributed by atoms with E-state index in [9.17, 15) is 4.79 Å². The minimum atomic E-state index is -0.269. The molecular formula is C16H18ClN3O4. The summed E-state index contributed by atoms with van der Waals surface area (Å²) in [5, 5.41) is 9.82. The van der Waals surface area contributed by atoms with Crippen LogP contribution in [-0.2, 0) is 9.53 Å². The van der Waals surface area contributed by atoms with Crippen LogP contribution in [0.15, 0.2) is 30.6 Å². The fraction of sp³-hybridized carbons (Fsp3) is 0.375. The first-order valence-corrected chi connectivity index (χ1v) is 7.91. The van der Waals surface area contributed by atoms with Crippen LogP contribution >= 0.6 is 11.6 Å². The van der Waals surface area contributed by atoms with Gasteiger partial charge >= 0.3 is 0 Å². The summed E-state index contributed by atoms with van der Waals surface area (Å²) >= 11 is 6.05. The number of nitrogens with zero attached hydrogens (tertiary/aromatic N) is 1. The minimum absolute atomic E-state index is 0.127. The predicted molar refractivity (Wildman–Crippen MR) is 87.4 cm³/mol. The highest BCUT2D eigenvalue weighted by Gasteiger charge is 2.31. The summed E-state index contributed by atoms with van der Waals surface area (Å²) in [4.78, 5) is 12.1. The lowest BCUT2D eigenvalue weighted by atomic mass is 10.2. The first-order valence-electron chi connectivity index (χ1n) is 7.53. The van der Waals surface area contributed by atoms with Gasteiger partial charge in [-0.25, -0.2) is 0 Å². The fourth-order valence-electron chi connectivity index (χ4n) is 2.38. The minimum Gasteiger partial charge on any atom is -0.482 e. The molecule has 2 atom stereocenters. The van der Waals surface area contributed by atoms with Crippen molar-refractivity contribution in [1.82, 2.24) is 15.5 Å². The van der Waals surface area contributed by atoms with Crippen LogP contribution in [0.1, 0.15) is 5.56 Å². The molecule has 1 aromatic carbocycles. The Bertz CT molecular complexity index is 693. The maximum atomic E-state index is 12.1. The average molecular weight is 352 g/mol. The van der Waals surface area contributed by atoms with Crippen LogP contribution in [0.2, 0.25) is 5.02 Å². The van der Waals surface area contributed by atoms with Crippen molar-refractivity contribution in [1.29, 1.82) is 0 Å². The van der Waals surface area contributed by atoms with Gasteiger partial charge in [0.25, 0.3) is 5.91 Å². The summed E-state index contributed by atoms with van der Waals surface area (Å²) in [6, 6.07) is 5.16. The third-order valence-corrected chi connectivity index (χ3v) is 3.89. The SMILES string of the molecule is Cc1ccc(Cl)c(OCC(=O)N[C@H]2COC[C@H]2Oc2cn[nH]c2)c1. The molecule has 0 saturated carbocycles. The summed E-state index contributed by atoms with van der Waals surface area (Å²) < 4.78 is 16.6. The molecule has 1 aromatic heterocycles. The van der Waals surface area contributed by atoms with E-state index in [4.69, 9.17) is 25.8 Å². The Kier molecular flexibility index (Phi) is 5.22. The topological polar surface area (TPSA) is 85.5 Å². The van der Waals surface area contributed by atoms with Crippen molar-refractivity contribution < 1.29 is 19.0 Å². The highest BCUT2D eigenvalue weighted by Crippen LogP contribution is 2.25. The molecule has 3 rings (SSSR count). The van der Waals surface area contributed by atoms with E-state index in [0.29, 0.717) is 29.7 Å². The quantitative estimate of drug-likeness (QED) is 0.827. The zero-order chi connectivity index (χ0) is 16.9. The zero-order valence-corrected chi connectivity index (χ0v) is 13.9. The first kappa shape index (κ1) is 16.6. The van der Waals surface area contributed by atoms with Crippen molar-refractivity contribution >= 4 is 17.5 Å². The van der Waals surface area contributed by atoms with E-state index in [-0.39, 0.29) is 24.7 Å². The van der Waals surface area contributed by atoms with Gasteiger partial charge in [0.1, 0.15) is 11.9 Å². The molecule has 1 saturated heterocycles. The molecule has 2 heterocycles. The molecule has 8 heteroatoms. The van der Waals surface area contributed by atoms with Crippen molar-refractivity contribution in [3.63, 3.8) is 0 Å². The lowest BCUT2D eigenvalue weighted by Crippen LogP contribution is -2.46. The molecular weight excluding hydrogens is 334 g/mol. The molecule has 24 heavy (non-hydrogen) atoms. The van der Waals surface area contributed by atoms with E-state index in [1.807, 2.05) is 13.0 Å². The smallest absolute Gasteiger partial charge is 0.258 e. The third kappa shape index (κ3) is 4.18. The summed E-state index contributed by atoms with van der Waals surface area (Å²) in [7, 11) is 0. The van der Waals surface area contributed by atoms with E-state index in [0.717, 1.165) is 5.56 Å². The van der Waals surface area contributed by atoms with Crippen molar-refractivity contribution in [2.45, 2.75) is 19.1 Å². The molecule has 7 nitrogen and oxygen atoms in total. The van der Waals surface area contributed by atoms with Crippen molar-refractivity contribution in [2.75, 3.05) is 19.8 Å². The number of carbonyl (C=O) groups excluding carboxylic acids is 1. The summed E-state index contributed by atoms with van der Waals surface area (Å²) in [6.07, 6.45) is 2.94. The molecule has 0 radical (unpaired) electrons. The number of amides is 1. The van der Waals surface area contributed by atoms with Gasteiger partial charge in [0, 0.05) is 0 Å². The first-order chi connectivity index (χ1) is 11.6. The predicted octanol–water partition coefficient (Wildman–Crippen LogP) is 1.71. The van der Waals surface area contributed by atoms with Gasteiger partial charge in [-0.15, -0.1) is 0 Å². The monoisotopic (exact) mass is 351 g/mol. The lowest BCUT2D eigenvalue weighted by molar-refractivity contribution is -0.124. The Morgan fingerprint density at radius 3 is 3.17 bits per heavy atom. The summed E-state index contributed by atoms with van der Waals surface area (Å²) in [5.74, 6) is 0.831. The summed E-state index contributed by atoms with van der Waals surface area (Å²) in [6.45, 7) is 2.59. The highest BCUT2D eigenvalue weighted by atomic mass is 35.5. The van der Waals surface area contributed by atoms with Gasteiger partial charge in [0.2, 0.25) is 0 Å². The van der Waals surface area contributed by atoms with Crippen LogP contribution in [0.4, 0.5) is 0 Å². The molecule has 2 aromatic rings. The van der Waals surface area contributed by atoms with Gasteiger partial charge < -0.3 is 19.5 Å². The maximum Gasteiger partial charge on any atom is 0.258 e. The molecule has 1 amide bonds. The lowest BCUT2D eigenvalue weighted by Gasteiger charge is -2.19. The second kappa shape index (κ2) is 7.55. The maximum absolute atomic E-state index is 12.1. The number of benzene rings is 1. The van der Waals surface area contributed by atoms with Crippen LogP contribution in [0.3, 0.4) is 0 Å². The number of carbonyl (C=O) groups is 1. The van der Waals surface area contributed by atoms with Gasteiger partial charge in [-0.2, -0.15) is 5.10 Å². The average Bonchev–Trinajstić information content (AvgIpc) is 3.21. The third-order valence-electron chi connectivity index (χ3n) is 3.58. The van der Waals surface area contributed by atoms with Crippen molar-refractivity contribution in [3.8, 4) is 11.5 Å². The summed E-state index contributed by atoms with van der Waals surface area (Å²) in [5.41, 5.74) is 1.01. The largest absolute Gasteiger partial charge is 0.482 e. The van der Waals surface area contributed by atoms with Crippen LogP contribution < -0.4 is 14.8 Å². The Hall–Kier alpha value is -2.25. The van der Waals surface area contributed by atoms with Crippen molar-refractivity contribution in [2.24, 2.45) is 0 Å². The van der Waals surface area contributed by atoms with Gasteiger partial charge in [-0.05, 0) is 24.6 Å². The number of rotatable bonds is 6. The number of aromatic nitrogens is 2. The van der Waals surface area contributed by atoms with E-state index >= 15 is 0 Å². The van der Waals surface area contributed by atoms with E-state index < -0.39 is 0 Å². The molecule has 2 N–H and O–H groups in total. The number of ether oxygens (including phenoxy) is 3. The number of halogens is 1. The molecule has 0 aliphatic carbocycles. The Morgan fingerprint density at radius 2 is 2.38 bits per heavy atom. The molecule has 1 aliphatic heterocycles. The highest BCUT2D eigenvalue weighted by molar-refractivity contribution is 6.32. The molecule has 1 fully saturated rings. The molecule has 1 aliphatic rings. The number of hydrogen-bond donors (Lipinski definition) is 2. The molecule has 128 valence electrons. The van der Waals surface area contributed by atoms with E-state index in [2.05, 4.69) is 15.5 Å². The number of aryl methyl sites for hydroxylation is 1. The van der Waals surface area contributed by atoms with Gasteiger partial charge in [0.05, 0.1) is 36.7 Å². The Labute approximate surface area is 144 Å². The van der Waals surface area contributed by atoms with Gasteiger partial charge in [-0.1, -0.05) is 17.7 Å². The second-order valence-electron chi connectivity index (χ2n) is 5.52. The van der Waals surface area contributed by atoms with Crippen molar-refractivity contribution in [3.05, 3.63) is 41.2 Å². The number of H-pyrrole nitrogens is 1. The molecule has 0 spiro atoms. The fourth-order valence-corrected chi connectivity index (χ4v) is 2.55. The van der Waals surface area contributed by atoms with Crippen LogP contribution in [0.25, 0.3) is 0 Å². The normalized spacial score (nSPS) is 19.9. The van der Waals surface area contributed by atoms with Crippen LogP contribution in [-0.4, -0.2) is 48.1 Å². The number of hydrogen-bond acceptors (Lipinski definition) is 5.